The monoisotopic (exact) mass is 194 g/mol. The Balaban J connectivity index is 4.24. The van der Waals surface area contributed by atoms with Crippen LogP contribution in [0.1, 0.15) is 13.3 Å². The van der Waals surface area contributed by atoms with Crippen molar-refractivity contribution in [3.63, 3.8) is 0 Å². The van der Waals surface area contributed by atoms with E-state index in [-0.39, 0.29) is 12.7 Å². The van der Waals surface area contributed by atoms with Crippen LogP contribution in [0, 0.1) is 0 Å². The molecule has 0 spiro atoms. The topological polar surface area (TPSA) is 49.7 Å². The molecule has 3 atom stereocenters. The summed E-state index contributed by atoms with van der Waals surface area (Å²) >= 11 is 0. The fourth-order valence-electron chi connectivity index (χ4n) is 1.34. The van der Waals surface area contributed by atoms with E-state index in [1.165, 1.54) is 0 Å². The number of rotatable bonds is 6. The van der Waals surface area contributed by atoms with Gasteiger partial charge in [-0.15, -0.1) is 8.58 Å². The molecule has 0 radical (unpaired) electrons. The molecule has 0 aliphatic rings. The van der Waals surface area contributed by atoms with E-state index in [0.717, 1.165) is 6.42 Å². The van der Waals surface area contributed by atoms with Gasteiger partial charge >= 0.3 is 0 Å². The third-order valence-corrected chi connectivity index (χ3v) is 2.98. The SMILES string of the molecule is CCC(OC)C(O)(CO)CPC. The molecule has 0 heterocycles. The Morgan fingerprint density at radius 3 is 2.42 bits per heavy atom. The second-order valence-corrected chi connectivity index (χ2v) is 3.99. The zero-order valence-electron chi connectivity index (χ0n) is 8.00. The Labute approximate surface area is 75.9 Å². The first-order valence-corrected chi connectivity index (χ1v) is 5.86. The second kappa shape index (κ2) is 5.87. The van der Waals surface area contributed by atoms with Crippen LogP contribution < -0.4 is 0 Å². The van der Waals surface area contributed by atoms with Gasteiger partial charge in [0.25, 0.3) is 0 Å². The Kier molecular flexibility index (Phi) is 6.02. The summed E-state index contributed by atoms with van der Waals surface area (Å²) in [6.45, 7) is 3.72. The van der Waals surface area contributed by atoms with E-state index in [4.69, 9.17) is 9.84 Å². The first-order valence-electron chi connectivity index (χ1n) is 4.15. The minimum absolute atomic E-state index is 0.222. The quantitative estimate of drug-likeness (QED) is 0.603. The van der Waals surface area contributed by atoms with Crippen molar-refractivity contribution in [3.8, 4) is 0 Å². The van der Waals surface area contributed by atoms with Crippen LogP contribution in [0.25, 0.3) is 0 Å². The molecule has 0 bridgehead atoms. The highest BCUT2D eigenvalue weighted by Crippen LogP contribution is 2.22. The molecule has 74 valence electrons. The van der Waals surface area contributed by atoms with Crippen molar-refractivity contribution in [2.24, 2.45) is 0 Å². The van der Waals surface area contributed by atoms with Crippen LogP contribution in [0.4, 0.5) is 0 Å². The van der Waals surface area contributed by atoms with Crippen molar-refractivity contribution in [1.82, 2.24) is 0 Å². The van der Waals surface area contributed by atoms with Crippen molar-refractivity contribution in [2.45, 2.75) is 25.0 Å². The molecule has 0 aromatic rings. The van der Waals surface area contributed by atoms with Gasteiger partial charge in [-0.1, -0.05) is 6.92 Å². The summed E-state index contributed by atoms with van der Waals surface area (Å²) in [6.07, 6.45) is 1.07. The molecule has 0 amide bonds. The summed E-state index contributed by atoms with van der Waals surface area (Å²) in [5.74, 6) is 0. The number of aliphatic hydroxyl groups is 2. The predicted octanol–water partition coefficient (Wildman–Crippen LogP) is 0.443. The minimum atomic E-state index is -1.04. The maximum Gasteiger partial charge on any atom is 0.117 e. The smallest absolute Gasteiger partial charge is 0.117 e. The van der Waals surface area contributed by atoms with E-state index in [0.29, 0.717) is 14.7 Å². The predicted molar refractivity (Wildman–Crippen MR) is 52.2 cm³/mol. The van der Waals surface area contributed by atoms with Gasteiger partial charge in [-0.3, -0.25) is 0 Å². The van der Waals surface area contributed by atoms with Crippen molar-refractivity contribution >= 4 is 8.58 Å². The zero-order valence-corrected chi connectivity index (χ0v) is 9.00. The summed E-state index contributed by atoms with van der Waals surface area (Å²) in [5, 5.41) is 18.9. The molecule has 3 unspecified atom stereocenters. The highest BCUT2D eigenvalue weighted by molar-refractivity contribution is 7.37. The average molecular weight is 194 g/mol. The van der Waals surface area contributed by atoms with E-state index in [2.05, 4.69) is 0 Å². The molecule has 3 nitrogen and oxygen atoms in total. The molecule has 0 aliphatic heterocycles. The molecule has 0 aromatic carbocycles. The van der Waals surface area contributed by atoms with E-state index in [9.17, 15) is 5.11 Å². The van der Waals surface area contributed by atoms with Gasteiger partial charge in [0, 0.05) is 7.11 Å². The Morgan fingerprint density at radius 2 is 2.17 bits per heavy atom. The lowest BCUT2D eigenvalue weighted by Crippen LogP contribution is -2.48. The van der Waals surface area contributed by atoms with Gasteiger partial charge in [0.15, 0.2) is 0 Å². The Hall–Kier alpha value is 0.310. The van der Waals surface area contributed by atoms with Crippen molar-refractivity contribution in [1.29, 1.82) is 0 Å². The fourth-order valence-corrected chi connectivity index (χ4v) is 2.30. The summed E-state index contributed by atoms with van der Waals surface area (Å²) in [4.78, 5) is 0. The highest BCUT2D eigenvalue weighted by atomic mass is 31.1. The lowest BCUT2D eigenvalue weighted by atomic mass is 9.98. The van der Waals surface area contributed by atoms with Crippen LogP contribution in [0.15, 0.2) is 0 Å². The fraction of sp³-hybridized carbons (Fsp3) is 1.00. The van der Waals surface area contributed by atoms with Crippen LogP contribution in [0.5, 0.6) is 0 Å². The molecule has 4 heteroatoms. The van der Waals surface area contributed by atoms with Crippen LogP contribution in [-0.2, 0) is 4.74 Å². The number of aliphatic hydroxyl groups excluding tert-OH is 1. The number of hydrogen-bond acceptors (Lipinski definition) is 3. The molecular weight excluding hydrogens is 175 g/mol. The molecule has 2 N–H and O–H groups in total. The van der Waals surface area contributed by atoms with Gasteiger partial charge in [0.2, 0.25) is 0 Å². The Morgan fingerprint density at radius 1 is 1.58 bits per heavy atom. The van der Waals surface area contributed by atoms with Gasteiger partial charge in [-0.25, -0.2) is 0 Å². The van der Waals surface area contributed by atoms with Gasteiger partial charge in [-0.05, 0) is 19.2 Å². The van der Waals surface area contributed by atoms with Crippen LogP contribution in [0.2, 0.25) is 0 Å². The van der Waals surface area contributed by atoms with Crippen molar-refractivity contribution in [2.75, 3.05) is 26.5 Å². The lowest BCUT2D eigenvalue weighted by molar-refractivity contribution is -0.106. The van der Waals surface area contributed by atoms with Crippen molar-refractivity contribution in [3.05, 3.63) is 0 Å². The number of hydrogen-bond donors (Lipinski definition) is 2. The first kappa shape index (κ1) is 12.3. The lowest BCUT2D eigenvalue weighted by Gasteiger charge is -2.32. The van der Waals surface area contributed by atoms with Crippen LogP contribution >= 0.6 is 8.58 Å². The third-order valence-electron chi connectivity index (χ3n) is 2.01. The van der Waals surface area contributed by atoms with Crippen molar-refractivity contribution < 1.29 is 14.9 Å². The standard InChI is InChI=1S/C8H19O3P/c1-4-7(11-2)8(10,5-9)6-12-3/h7,9-10,12H,4-6H2,1-3H3. The van der Waals surface area contributed by atoms with Gasteiger partial charge in [0.05, 0.1) is 12.7 Å². The summed E-state index contributed by atoms with van der Waals surface area (Å²) in [5.41, 5.74) is -1.04. The van der Waals surface area contributed by atoms with E-state index in [1.807, 2.05) is 13.6 Å². The molecule has 0 fully saturated rings. The summed E-state index contributed by atoms with van der Waals surface area (Å²) < 4.78 is 5.10. The molecular formula is C8H19O3P. The normalized spacial score (nSPS) is 19.8. The third kappa shape index (κ3) is 2.98. The van der Waals surface area contributed by atoms with E-state index in [1.54, 1.807) is 7.11 Å². The molecule has 0 rings (SSSR count). The largest absolute Gasteiger partial charge is 0.393 e. The maximum atomic E-state index is 9.91. The average Bonchev–Trinajstić information content (AvgIpc) is 2.07. The van der Waals surface area contributed by atoms with Crippen LogP contribution in [-0.4, -0.2) is 48.5 Å². The zero-order chi connectivity index (χ0) is 9.61. The number of methoxy groups -OCH3 is 1. The Bertz CT molecular complexity index is 117. The van der Waals surface area contributed by atoms with Gasteiger partial charge < -0.3 is 14.9 Å². The number of ether oxygens (including phenoxy) is 1. The summed E-state index contributed by atoms with van der Waals surface area (Å²) in [6, 6.07) is 0. The molecule has 12 heavy (non-hydrogen) atoms. The second-order valence-electron chi connectivity index (χ2n) is 2.92. The maximum absolute atomic E-state index is 9.91. The highest BCUT2D eigenvalue weighted by Gasteiger charge is 2.34. The molecule has 0 saturated carbocycles. The van der Waals surface area contributed by atoms with Gasteiger partial charge in [-0.2, -0.15) is 0 Å². The molecule has 0 aliphatic carbocycles. The first-order chi connectivity index (χ1) is 5.64. The van der Waals surface area contributed by atoms with Gasteiger partial charge in [0.1, 0.15) is 5.60 Å². The van der Waals surface area contributed by atoms with E-state index < -0.39 is 5.60 Å². The van der Waals surface area contributed by atoms with Crippen LogP contribution in [0.3, 0.4) is 0 Å². The van der Waals surface area contributed by atoms with E-state index >= 15 is 0 Å². The minimum Gasteiger partial charge on any atom is -0.393 e. The molecule has 0 saturated heterocycles. The summed E-state index contributed by atoms with van der Waals surface area (Å²) in [7, 11) is 2.19. The molecule has 0 aromatic heterocycles.